The summed E-state index contributed by atoms with van der Waals surface area (Å²) in [6.45, 7) is 0.802. The van der Waals surface area contributed by atoms with Crippen LogP contribution in [0.1, 0.15) is 5.56 Å². The van der Waals surface area contributed by atoms with Crippen LogP contribution in [0.3, 0.4) is 0 Å². The molecular formula is C14H14F3NO4S. The molecule has 2 heterocycles. The number of hydrogen-bond donors (Lipinski definition) is 0. The Kier molecular flexibility index (Phi) is 6.52. The molecule has 0 saturated carbocycles. The Bertz CT molecular complexity index is 695. The van der Waals surface area contributed by atoms with Crippen LogP contribution in [0.25, 0.3) is 0 Å². The molecule has 0 bridgehead atoms. The third-order valence-electron chi connectivity index (χ3n) is 2.50. The van der Waals surface area contributed by atoms with Gasteiger partial charge in [0, 0.05) is 17.7 Å². The topological polar surface area (TPSA) is 70.3 Å². The van der Waals surface area contributed by atoms with Crippen molar-refractivity contribution in [3.8, 4) is 5.75 Å². The molecule has 5 nitrogen and oxygen atoms in total. The minimum Gasteiger partial charge on any atom is -0.741 e. The average molecular weight is 349 g/mol. The van der Waals surface area contributed by atoms with Gasteiger partial charge in [-0.2, -0.15) is 13.2 Å². The van der Waals surface area contributed by atoms with E-state index in [1.807, 2.05) is 60.4 Å². The molecule has 0 atom stereocenters. The zero-order chi connectivity index (χ0) is 17.5. The van der Waals surface area contributed by atoms with Crippen molar-refractivity contribution < 1.29 is 35.4 Å². The number of aryl methyl sites for hydroxylation is 1. The lowest BCUT2D eigenvalue weighted by atomic mass is 10.1. The Morgan fingerprint density at radius 3 is 1.83 bits per heavy atom. The second kappa shape index (κ2) is 7.93. The Morgan fingerprint density at radius 1 is 1.09 bits per heavy atom. The van der Waals surface area contributed by atoms with Crippen molar-refractivity contribution >= 4 is 10.1 Å². The molecule has 0 radical (unpaired) electrons. The van der Waals surface area contributed by atoms with E-state index in [0.29, 0.717) is 0 Å². The summed E-state index contributed by atoms with van der Waals surface area (Å²) in [5, 5.41) is 0. The molecule has 126 valence electrons. The monoisotopic (exact) mass is 349 g/mol. The fourth-order valence-corrected chi connectivity index (χ4v) is 1.32. The molecule has 2 aromatic rings. The zero-order valence-corrected chi connectivity index (χ0v) is 12.8. The molecule has 1 aliphatic rings. The van der Waals surface area contributed by atoms with Crippen molar-refractivity contribution in [1.29, 1.82) is 0 Å². The fourth-order valence-electron chi connectivity index (χ4n) is 1.32. The van der Waals surface area contributed by atoms with Gasteiger partial charge in [0.1, 0.15) is 19.4 Å². The van der Waals surface area contributed by atoms with E-state index in [0.717, 1.165) is 12.4 Å². The molecule has 1 aliphatic heterocycles. The maximum atomic E-state index is 10.7. The second-order valence-corrected chi connectivity index (χ2v) is 5.71. The van der Waals surface area contributed by atoms with E-state index in [-0.39, 0.29) is 0 Å². The van der Waals surface area contributed by atoms with Gasteiger partial charge in [0.2, 0.25) is 0 Å². The number of nitrogens with zero attached hydrogens (tertiary/aromatic N) is 1. The van der Waals surface area contributed by atoms with Gasteiger partial charge in [-0.3, -0.25) is 0 Å². The number of benzene rings is 1. The number of ether oxygens (including phenoxy) is 1. The molecule has 0 aliphatic carbocycles. The van der Waals surface area contributed by atoms with Gasteiger partial charge in [0.05, 0.1) is 0 Å². The van der Waals surface area contributed by atoms with E-state index in [9.17, 15) is 13.2 Å². The van der Waals surface area contributed by atoms with Crippen LogP contribution in [-0.2, 0) is 23.8 Å². The minimum atomic E-state index is -6.09. The van der Waals surface area contributed by atoms with Crippen molar-refractivity contribution in [2.75, 3.05) is 0 Å². The first-order valence-corrected chi connectivity index (χ1v) is 7.65. The molecular weight excluding hydrogens is 335 g/mol. The molecule has 23 heavy (non-hydrogen) atoms. The van der Waals surface area contributed by atoms with Crippen LogP contribution in [0.5, 0.6) is 5.75 Å². The summed E-state index contributed by atoms with van der Waals surface area (Å²) in [7, 11) is -4.09. The van der Waals surface area contributed by atoms with Crippen molar-refractivity contribution in [2.24, 2.45) is 7.05 Å². The number of para-hydroxylation sites is 1. The maximum Gasteiger partial charge on any atom is 0.485 e. The number of alkyl halides is 3. The summed E-state index contributed by atoms with van der Waals surface area (Å²) in [5.74, 6) is 1.05. The molecule has 0 saturated heterocycles. The van der Waals surface area contributed by atoms with E-state index in [2.05, 4.69) is 6.07 Å². The molecule has 0 N–H and O–H groups in total. The second-order valence-electron chi connectivity index (χ2n) is 4.34. The van der Waals surface area contributed by atoms with Crippen LogP contribution < -0.4 is 9.30 Å². The van der Waals surface area contributed by atoms with Gasteiger partial charge in [-0.25, -0.2) is 13.0 Å². The quantitative estimate of drug-likeness (QED) is 0.415. The lowest BCUT2D eigenvalue weighted by Gasteiger charge is -2.18. The Morgan fingerprint density at radius 2 is 1.61 bits per heavy atom. The predicted octanol–water partition coefficient (Wildman–Crippen LogP) is 2.14. The first-order valence-electron chi connectivity index (χ1n) is 6.24. The van der Waals surface area contributed by atoms with Gasteiger partial charge in [-0.15, -0.1) is 0 Å². The third-order valence-corrected chi connectivity index (χ3v) is 3.07. The average Bonchev–Trinajstić information content (AvgIpc) is 2.40. The molecule has 3 rings (SSSR count). The normalized spacial score (nSPS) is 12.2. The standard InChI is InChI=1S/C7H6O.C6H8N.CHF3O3S/c1-2-4-7-6(3-1)5-8-7;1-7-5-3-2-4-6-7;2-1(3,4)8(5,6)7/h1-4H,5H2;2-6H,1H3;(H,5,6,7)/q;+1;/p-1. The van der Waals surface area contributed by atoms with Crippen molar-refractivity contribution in [3.05, 3.63) is 60.4 Å². The van der Waals surface area contributed by atoms with Gasteiger partial charge in [-0.05, 0) is 6.07 Å². The summed E-state index contributed by atoms with van der Waals surface area (Å²) in [4.78, 5) is 0. The van der Waals surface area contributed by atoms with E-state index in [4.69, 9.17) is 17.7 Å². The van der Waals surface area contributed by atoms with Crippen molar-refractivity contribution in [3.63, 3.8) is 0 Å². The minimum absolute atomic E-state index is 0.802. The molecule has 0 spiro atoms. The van der Waals surface area contributed by atoms with Crippen LogP contribution in [0.15, 0.2) is 54.9 Å². The van der Waals surface area contributed by atoms with Crippen LogP contribution in [0.4, 0.5) is 13.2 Å². The highest BCUT2D eigenvalue weighted by Gasteiger charge is 2.36. The molecule has 1 aromatic heterocycles. The van der Waals surface area contributed by atoms with E-state index in [1.54, 1.807) is 0 Å². The van der Waals surface area contributed by atoms with Crippen molar-refractivity contribution in [2.45, 2.75) is 12.1 Å². The summed E-state index contributed by atoms with van der Waals surface area (Å²) >= 11 is 0. The number of fused-ring (bicyclic) bond motifs is 1. The summed E-state index contributed by atoms with van der Waals surface area (Å²) in [5.41, 5.74) is -4.32. The molecule has 0 fully saturated rings. The summed E-state index contributed by atoms with van der Waals surface area (Å²) in [6.07, 6.45) is 4.00. The van der Waals surface area contributed by atoms with Gasteiger partial charge in [0.25, 0.3) is 0 Å². The number of pyridine rings is 1. The highest BCUT2D eigenvalue weighted by atomic mass is 32.2. The Balaban J connectivity index is 0.000000173. The Labute approximate surface area is 131 Å². The lowest BCUT2D eigenvalue weighted by Crippen LogP contribution is -2.25. The van der Waals surface area contributed by atoms with Gasteiger partial charge in [0.15, 0.2) is 22.5 Å². The first-order chi connectivity index (χ1) is 10.6. The van der Waals surface area contributed by atoms with Crippen LogP contribution in [0.2, 0.25) is 0 Å². The molecule has 1 aromatic carbocycles. The van der Waals surface area contributed by atoms with E-state index < -0.39 is 15.6 Å². The van der Waals surface area contributed by atoms with Crippen LogP contribution in [0, 0.1) is 0 Å². The lowest BCUT2D eigenvalue weighted by molar-refractivity contribution is -0.671. The number of halogens is 3. The largest absolute Gasteiger partial charge is 0.741 e. The molecule has 9 heteroatoms. The smallest absolute Gasteiger partial charge is 0.485 e. The van der Waals surface area contributed by atoms with E-state index >= 15 is 0 Å². The first kappa shape index (κ1) is 18.9. The fraction of sp³-hybridized carbons (Fsp3) is 0.214. The van der Waals surface area contributed by atoms with Gasteiger partial charge < -0.3 is 9.29 Å². The third kappa shape index (κ3) is 6.66. The SMILES string of the molecule is C[n+]1ccccc1.O=S(=O)([O-])C(F)(F)F.c1ccc2c(c1)CO2. The Hall–Kier alpha value is -2.13. The van der Waals surface area contributed by atoms with Crippen molar-refractivity contribution in [1.82, 2.24) is 0 Å². The van der Waals surface area contributed by atoms with Gasteiger partial charge in [-0.1, -0.05) is 24.3 Å². The highest BCUT2D eigenvalue weighted by Crippen LogP contribution is 2.27. The number of rotatable bonds is 0. The molecule has 0 amide bonds. The maximum absolute atomic E-state index is 10.7. The number of hydrogen-bond acceptors (Lipinski definition) is 4. The van der Waals surface area contributed by atoms with E-state index in [1.165, 1.54) is 5.56 Å². The highest BCUT2D eigenvalue weighted by molar-refractivity contribution is 7.86. The summed E-state index contributed by atoms with van der Waals surface area (Å²) in [6, 6.07) is 14.1. The summed E-state index contributed by atoms with van der Waals surface area (Å²) < 4.78 is 66.0. The van der Waals surface area contributed by atoms with Gasteiger partial charge >= 0.3 is 5.51 Å². The zero-order valence-electron chi connectivity index (χ0n) is 12.0. The predicted molar refractivity (Wildman–Crippen MR) is 74.1 cm³/mol. The van der Waals surface area contributed by atoms with Crippen LogP contribution in [-0.4, -0.2) is 18.5 Å². The van der Waals surface area contributed by atoms with Crippen LogP contribution >= 0.6 is 0 Å². The molecule has 0 unspecified atom stereocenters. The number of aromatic nitrogens is 1.